The molecule has 6 nitrogen and oxygen atoms in total. The summed E-state index contributed by atoms with van der Waals surface area (Å²) in [5.41, 5.74) is 2.39. The lowest BCUT2D eigenvalue weighted by Gasteiger charge is -2.31. The molecule has 0 fully saturated rings. The Hall–Kier alpha value is -2.86. The summed E-state index contributed by atoms with van der Waals surface area (Å²) in [6.45, 7) is 3.09. The highest BCUT2D eigenvalue weighted by atomic mass is 35.5. The predicted octanol–water partition coefficient (Wildman–Crippen LogP) is 4.20. The van der Waals surface area contributed by atoms with Crippen LogP contribution in [0.25, 0.3) is 0 Å². The minimum absolute atomic E-state index is 0.132. The second-order valence-corrected chi connectivity index (χ2v) is 6.11. The van der Waals surface area contributed by atoms with Crippen LogP contribution in [0, 0.1) is 10.1 Å². The third-order valence-electron chi connectivity index (χ3n) is 3.95. The molecule has 0 bridgehead atoms. The Morgan fingerprint density at radius 3 is 2.24 bits per heavy atom. The summed E-state index contributed by atoms with van der Waals surface area (Å²) in [5.74, 6) is 0. The molecule has 25 heavy (non-hydrogen) atoms. The van der Waals surface area contributed by atoms with Gasteiger partial charge >= 0.3 is 0 Å². The number of imidazole rings is 1. The van der Waals surface area contributed by atoms with Gasteiger partial charge < -0.3 is 9.77 Å². The Morgan fingerprint density at radius 2 is 1.72 bits per heavy atom. The van der Waals surface area contributed by atoms with E-state index in [0.717, 1.165) is 11.6 Å². The molecule has 3 aromatic rings. The fourth-order valence-corrected chi connectivity index (χ4v) is 2.84. The Bertz CT molecular complexity index is 788. The van der Waals surface area contributed by atoms with E-state index in [1.807, 2.05) is 36.9 Å². The van der Waals surface area contributed by atoms with Crippen LogP contribution in [0.5, 0.6) is 0 Å². The van der Waals surface area contributed by atoms with E-state index in [4.69, 9.17) is 26.9 Å². The minimum Gasteiger partial charge on any atom is -0.336 e. The average molecular weight is 360 g/mol. The van der Waals surface area contributed by atoms with Gasteiger partial charge in [0.25, 0.3) is 5.09 Å². The molecule has 7 heteroatoms. The van der Waals surface area contributed by atoms with E-state index < -0.39 is 5.09 Å². The quantitative estimate of drug-likeness (QED) is 0.559. The van der Waals surface area contributed by atoms with Crippen LogP contribution in [0.3, 0.4) is 0 Å². The molecular formula is C18H18ClN3O3. The monoisotopic (exact) mass is 359 g/mol. The smallest absolute Gasteiger partial charge is 0.291 e. The first-order valence-corrected chi connectivity index (χ1v) is 7.90. The number of rotatable bonds is 4. The van der Waals surface area contributed by atoms with E-state index in [1.165, 1.54) is 11.1 Å². The van der Waals surface area contributed by atoms with Crippen molar-refractivity contribution in [2.24, 2.45) is 0 Å². The van der Waals surface area contributed by atoms with Gasteiger partial charge in [0.2, 0.25) is 0 Å². The van der Waals surface area contributed by atoms with E-state index in [2.05, 4.69) is 52.9 Å². The summed E-state index contributed by atoms with van der Waals surface area (Å²) < 4.78 is 2.11. The molecule has 2 aromatic carbocycles. The van der Waals surface area contributed by atoms with Gasteiger partial charge in [-0.1, -0.05) is 54.1 Å². The van der Waals surface area contributed by atoms with E-state index in [-0.39, 0.29) is 5.41 Å². The third kappa shape index (κ3) is 5.06. The molecule has 0 saturated carbocycles. The van der Waals surface area contributed by atoms with E-state index in [9.17, 15) is 0 Å². The predicted molar refractivity (Wildman–Crippen MR) is 95.4 cm³/mol. The summed E-state index contributed by atoms with van der Waals surface area (Å²) in [7, 11) is 0. The molecule has 0 aliphatic rings. The average Bonchev–Trinajstić information content (AvgIpc) is 3.08. The Morgan fingerprint density at radius 1 is 1.16 bits per heavy atom. The maximum atomic E-state index is 8.36. The van der Waals surface area contributed by atoms with Crippen molar-refractivity contribution in [1.29, 1.82) is 0 Å². The molecular weight excluding hydrogens is 342 g/mol. The molecule has 0 spiro atoms. The number of hydrogen-bond donors (Lipinski definition) is 1. The van der Waals surface area contributed by atoms with E-state index in [1.54, 1.807) is 0 Å². The number of nitrogens with zero attached hydrogens (tertiary/aromatic N) is 3. The number of hydrogen-bond acceptors (Lipinski definition) is 3. The van der Waals surface area contributed by atoms with Crippen molar-refractivity contribution in [1.82, 2.24) is 9.55 Å². The first-order chi connectivity index (χ1) is 11.9. The van der Waals surface area contributed by atoms with Crippen molar-refractivity contribution in [3.05, 3.63) is 99.6 Å². The van der Waals surface area contributed by atoms with Crippen molar-refractivity contribution < 1.29 is 10.3 Å². The van der Waals surface area contributed by atoms with Gasteiger partial charge in [0.1, 0.15) is 0 Å². The molecule has 0 aliphatic heterocycles. The minimum atomic E-state index is -1.50. The van der Waals surface area contributed by atoms with E-state index in [0.29, 0.717) is 0 Å². The molecule has 0 amide bonds. The van der Waals surface area contributed by atoms with Crippen molar-refractivity contribution >= 4 is 11.6 Å². The van der Waals surface area contributed by atoms with Gasteiger partial charge in [-0.2, -0.15) is 0 Å². The lowest BCUT2D eigenvalue weighted by Crippen LogP contribution is -2.29. The van der Waals surface area contributed by atoms with Gasteiger partial charge in [0, 0.05) is 29.4 Å². The molecule has 0 radical (unpaired) electrons. The zero-order valence-corrected chi connectivity index (χ0v) is 14.4. The molecule has 0 aliphatic carbocycles. The summed E-state index contributed by atoms with van der Waals surface area (Å²) in [6.07, 6.45) is 5.67. The number of halogens is 1. The first kappa shape index (κ1) is 18.5. The van der Waals surface area contributed by atoms with Gasteiger partial charge in [-0.05, 0) is 30.2 Å². The SMILES string of the molecule is CC(Cn1ccnc1)(c1ccccc1)c1ccc(Cl)cc1.O=[N+]([O-])O. The standard InChI is InChI=1S/C18H17ClN2.HNO3/c1-18(13-21-12-11-20-14-21,15-5-3-2-4-6-15)16-7-9-17(19)10-8-16;2-1(3)4/h2-12,14H,13H2,1H3;(H,2,3,4). The fraction of sp³-hybridized carbons (Fsp3) is 0.167. The molecule has 1 atom stereocenters. The van der Waals surface area contributed by atoms with Crippen LogP contribution in [0.15, 0.2) is 73.3 Å². The van der Waals surface area contributed by atoms with Crippen molar-refractivity contribution in [3.63, 3.8) is 0 Å². The van der Waals surface area contributed by atoms with E-state index >= 15 is 0 Å². The Balaban J connectivity index is 0.000000511. The largest absolute Gasteiger partial charge is 0.336 e. The van der Waals surface area contributed by atoms with Gasteiger partial charge in [-0.15, -0.1) is 10.1 Å². The van der Waals surface area contributed by atoms with Crippen LogP contribution in [0.1, 0.15) is 18.1 Å². The second kappa shape index (κ2) is 8.30. The van der Waals surface area contributed by atoms with Crippen LogP contribution in [-0.4, -0.2) is 19.8 Å². The zero-order valence-electron chi connectivity index (χ0n) is 13.6. The Kier molecular flexibility index (Phi) is 6.14. The summed E-state index contributed by atoms with van der Waals surface area (Å²) in [6, 6.07) is 18.7. The van der Waals surface area contributed by atoms with Gasteiger partial charge in [-0.3, -0.25) is 0 Å². The molecule has 1 unspecified atom stereocenters. The molecule has 1 aromatic heterocycles. The number of aromatic nitrogens is 2. The second-order valence-electron chi connectivity index (χ2n) is 5.68. The molecule has 1 heterocycles. The Labute approximate surface area is 150 Å². The van der Waals surface area contributed by atoms with Crippen LogP contribution < -0.4 is 0 Å². The number of benzene rings is 2. The summed E-state index contributed by atoms with van der Waals surface area (Å²) in [4.78, 5) is 12.5. The first-order valence-electron chi connectivity index (χ1n) is 7.52. The summed E-state index contributed by atoms with van der Waals surface area (Å²) in [5, 5.41) is 14.4. The van der Waals surface area contributed by atoms with Crippen LogP contribution >= 0.6 is 11.6 Å². The highest BCUT2D eigenvalue weighted by Gasteiger charge is 2.29. The molecule has 130 valence electrons. The van der Waals surface area contributed by atoms with Crippen LogP contribution in [-0.2, 0) is 12.0 Å². The lowest BCUT2D eigenvalue weighted by atomic mass is 9.76. The topological polar surface area (TPSA) is 81.2 Å². The zero-order chi connectivity index (χ0) is 18.3. The maximum absolute atomic E-state index is 8.36. The maximum Gasteiger partial charge on any atom is 0.291 e. The highest BCUT2D eigenvalue weighted by Crippen LogP contribution is 2.34. The molecule has 1 N–H and O–H groups in total. The molecule has 0 saturated heterocycles. The van der Waals surface area contributed by atoms with Crippen LogP contribution in [0.2, 0.25) is 5.02 Å². The molecule has 3 rings (SSSR count). The highest BCUT2D eigenvalue weighted by molar-refractivity contribution is 6.30. The normalized spacial score (nSPS) is 12.6. The lowest BCUT2D eigenvalue weighted by molar-refractivity contribution is -0.742. The van der Waals surface area contributed by atoms with Crippen molar-refractivity contribution in [2.75, 3.05) is 0 Å². The summed E-state index contributed by atoms with van der Waals surface area (Å²) >= 11 is 6.04. The van der Waals surface area contributed by atoms with Gasteiger partial charge in [0.05, 0.1) is 6.33 Å². The van der Waals surface area contributed by atoms with Gasteiger partial charge in [-0.25, -0.2) is 4.98 Å². The third-order valence-corrected chi connectivity index (χ3v) is 4.20. The van der Waals surface area contributed by atoms with Crippen molar-refractivity contribution in [2.45, 2.75) is 18.9 Å². The van der Waals surface area contributed by atoms with Gasteiger partial charge in [0.15, 0.2) is 0 Å². The fourth-order valence-electron chi connectivity index (χ4n) is 2.72. The van der Waals surface area contributed by atoms with Crippen molar-refractivity contribution in [3.8, 4) is 0 Å². The van der Waals surface area contributed by atoms with Crippen LogP contribution in [0.4, 0.5) is 0 Å².